The highest BCUT2D eigenvalue weighted by Crippen LogP contribution is 2.37. The second-order valence-corrected chi connectivity index (χ2v) is 43.6. The Morgan fingerprint density at radius 2 is 0.701 bits per heavy atom. The van der Waals surface area contributed by atoms with E-state index in [1.165, 1.54) is 187 Å². The van der Waals surface area contributed by atoms with Gasteiger partial charge in [-0.2, -0.15) is 8.42 Å². The molecule has 6 aliphatic heterocycles. The fourth-order valence-corrected chi connectivity index (χ4v) is 24.3. The van der Waals surface area contributed by atoms with Gasteiger partial charge in [0.2, 0.25) is 0 Å². The van der Waals surface area contributed by atoms with Crippen molar-refractivity contribution in [3.05, 3.63) is 290 Å². The number of alkyl halides is 2. The highest BCUT2D eigenvalue weighted by molar-refractivity contribution is 8.14. The maximum Gasteiger partial charge on any atom is 0.338 e. The molecule has 20 nitrogen and oxygen atoms in total. The van der Waals surface area contributed by atoms with E-state index in [0.29, 0.717) is 68.7 Å². The van der Waals surface area contributed by atoms with E-state index in [0.717, 1.165) is 196 Å². The van der Waals surface area contributed by atoms with E-state index in [9.17, 15) is 51.2 Å². The van der Waals surface area contributed by atoms with E-state index in [2.05, 4.69) is 87.5 Å². The fourth-order valence-electron chi connectivity index (χ4n) is 17.4. The lowest BCUT2D eigenvalue weighted by Gasteiger charge is -2.19. The molecule has 3 fully saturated rings. The minimum absolute atomic E-state index is 0.0875. The lowest BCUT2D eigenvalue weighted by molar-refractivity contribution is -0.110. The van der Waals surface area contributed by atoms with Gasteiger partial charge in [-0.25, -0.2) is 9.59 Å². The summed E-state index contributed by atoms with van der Waals surface area (Å²) in [6.07, 6.45) is 26.7. The number of rotatable bonds is 34. The molecule has 9 aromatic carbocycles. The number of nitrogens with zero attached hydrogens (tertiary/aromatic N) is 6. The van der Waals surface area contributed by atoms with Crippen LogP contribution in [0.3, 0.4) is 0 Å². The minimum Gasteiger partial charge on any atom is -0.462 e. The number of likely N-dealkylation sites (tertiary alicyclic amines) is 3. The van der Waals surface area contributed by atoms with Crippen molar-refractivity contribution in [2.24, 2.45) is 0 Å². The van der Waals surface area contributed by atoms with Crippen LogP contribution < -0.4 is 14.6 Å². The van der Waals surface area contributed by atoms with Crippen molar-refractivity contribution in [1.29, 1.82) is 0 Å². The van der Waals surface area contributed by atoms with Crippen LogP contribution in [0.25, 0.3) is 30.6 Å². The predicted molar refractivity (Wildman–Crippen MR) is 557 cm³/mol. The summed E-state index contributed by atoms with van der Waals surface area (Å²) in [5, 5.41) is 9.63. The van der Waals surface area contributed by atoms with Crippen LogP contribution >= 0.6 is 80.9 Å². The molecule has 6 aliphatic rings. The molecule has 3 saturated heterocycles. The molecule has 1 N–H and O–H groups in total. The number of hydrogen-bond donors (Lipinski definition) is 1. The fraction of sp³-hybridized carbons (Fsp3) is 0.426. The topological polar surface area (TPSA) is 243 Å². The predicted octanol–water partition coefficient (Wildman–Crippen LogP) is 21.6. The Labute approximate surface area is 833 Å². The van der Waals surface area contributed by atoms with Crippen molar-refractivity contribution in [3.63, 3.8) is 0 Å². The summed E-state index contributed by atoms with van der Waals surface area (Å²) in [6, 6.07) is 61.8. The molecule has 0 radical (unpaired) electrons. The van der Waals surface area contributed by atoms with Gasteiger partial charge < -0.3 is 29.3 Å². The Morgan fingerprint density at radius 1 is 0.380 bits per heavy atom. The smallest absolute Gasteiger partial charge is 0.338 e. The molecule has 0 aliphatic carbocycles. The highest BCUT2D eigenvalue weighted by Gasteiger charge is 2.25. The number of thiazole rings is 3. The average molecular weight is 2010 g/mol. The van der Waals surface area contributed by atoms with Gasteiger partial charge in [-0.05, 0) is 303 Å². The van der Waals surface area contributed by atoms with Crippen LogP contribution in [0.5, 0.6) is 0 Å². The molecule has 0 atom stereocenters. The number of fused-ring (bicyclic) bond motifs is 6. The van der Waals surface area contributed by atoms with E-state index >= 15 is 0 Å². The number of aromatic nitrogens is 3. The number of thioether (sulfide) groups is 3. The van der Waals surface area contributed by atoms with Gasteiger partial charge >= 0.3 is 26.6 Å². The van der Waals surface area contributed by atoms with Crippen LogP contribution in [0.2, 0.25) is 0 Å². The van der Waals surface area contributed by atoms with Crippen LogP contribution in [-0.2, 0) is 116 Å². The SMILES string of the molecule is Cc1ccc(S(=O)(=O)OCCCc2ccc3c(c2)sc(=O)n3CCN2CCCCCC2)cc1.O=C1Cc2ccc(CCCCl)cc2S1.O=C1Cc2ccc(CCCOC(=O)c3ccccc3)cc2S1.O=C1Cc2ccc(CCCOC(=O)c3ccccc3)cc2S1.O=c1sc2cc(CCCO)ccc2n1CCN1CCCCCC1.O=c1sc2cc(CCC[18F])ccc2n1CCN1CCCCCC1. The zero-order chi connectivity index (χ0) is 96.1. The third-order valence-corrected chi connectivity index (χ3v) is 32.3. The van der Waals surface area contributed by atoms with Crippen molar-refractivity contribution in [2.75, 3.05) is 97.9 Å². The molecule has 18 rings (SSSR count). The molecule has 9 heterocycles. The average Bonchev–Trinajstić information content (AvgIpc) is 1.67. The maximum atomic E-state index is 12.6. The Bertz CT molecular complexity index is 6010. The van der Waals surface area contributed by atoms with Crippen LogP contribution in [0, 0.1) is 6.92 Å². The lowest BCUT2D eigenvalue weighted by atomic mass is 10.1. The summed E-state index contributed by atoms with van der Waals surface area (Å²) in [5.74, 6) is 0.134. The molecule has 728 valence electrons. The Hall–Kier alpha value is -8.98. The lowest BCUT2D eigenvalue weighted by Crippen LogP contribution is -2.30. The monoisotopic (exact) mass is 2010 g/mol. The summed E-state index contributed by atoms with van der Waals surface area (Å²) >= 11 is 13.6. The van der Waals surface area contributed by atoms with Crippen molar-refractivity contribution < 1.29 is 55.5 Å². The van der Waals surface area contributed by atoms with E-state index in [1.54, 1.807) is 48.5 Å². The number of carbonyl (C=O) groups is 5. The second-order valence-electron chi connectivity index (χ2n) is 35.3. The molecule has 0 saturated carbocycles. The molecule has 29 heteroatoms. The summed E-state index contributed by atoms with van der Waals surface area (Å²) in [7, 11) is -3.73. The van der Waals surface area contributed by atoms with Gasteiger partial charge in [0.25, 0.3) is 10.1 Å². The van der Waals surface area contributed by atoms with Gasteiger partial charge in [0.1, 0.15) is 0 Å². The number of benzene rings is 9. The maximum absolute atomic E-state index is 12.6. The van der Waals surface area contributed by atoms with Crippen molar-refractivity contribution in [2.45, 2.75) is 220 Å². The Balaban J connectivity index is 0.000000141. The first-order valence-corrected chi connectivity index (χ1v) is 55.2. The first kappa shape index (κ1) is 105. The van der Waals surface area contributed by atoms with Gasteiger partial charge in [-0.3, -0.25) is 51.0 Å². The van der Waals surface area contributed by atoms with Gasteiger partial charge in [0.05, 0.1) is 73.2 Å². The molecular weight excluding hydrogens is 1880 g/mol. The number of ether oxygens (including phenoxy) is 2. The zero-order valence-corrected chi connectivity index (χ0v) is 84.8. The Morgan fingerprint density at radius 3 is 1.04 bits per heavy atom. The zero-order valence-electron chi connectivity index (χ0n) is 78.3. The molecular formula is C108H126ClFN6O14S7. The normalized spacial score (nSPS) is 15.1. The van der Waals surface area contributed by atoms with E-state index < -0.39 is 10.1 Å². The van der Waals surface area contributed by atoms with Crippen LogP contribution in [0.4, 0.5) is 4.39 Å². The molecule has 0 bridgehead atoms. The molecule has 12 aromatic rings. The quantitative estimate of drug-likeness (QED) is 0.0170. The van der Waals surface area contributed by atoms with Crippen LogP contribution in [-0.4, -0.2) is 167 Å². The number of carbonyl (C=O) groups excluding carboxylic acids is 5. The number of halogens is 2. The van der Waals surface area contributed by atoms with Crippen molar-refractivity contribution >= 4 is 149 Å². The summed E-state index contributed by atoms with van der Waals surface area (Å²) in [5.41, 5.74) is 15.7. The number of aliphatic hydroxyl groups excluding tert-OH is 1. The number of aliphatic hydroxyl groups is 1. The minimum atomic E-state index is -3.73. The first-order chi connectivity index (χ1) is 66.7. The third-order valence-electron chi connectivity index (χ3n) is 25.0. The molecule has 0 amide bonds. The third kappa shape index (κ3) is 33.1. The van der Waals surface area contributed by atoms with E-state index in [4.69, 9.17) is 30.4 Å². The molecule has 0 spiro atoms. The largest absolute Gasteiger partial charge is 0.462 e. The molecule has 137 heavy (non-hydrogen) atoms. The van der Waals surface area contributed by atoms with Gasteiger partial charge in [0, 0.05) is 85.7 Å². The first-order valence-electron chi connectivity index (χ1n) is 48.4. The van der Waals surface area contributed by atoms with Crippen molar-refractivity contribution in [1.82, 2.24) is 28.4 Å². The van der Waals surface area contributed by atoms with E-state index in [-0.39, 0.29) is 66.7 Å². The highest BCUT2D eigenvalue weighted by atomic mass is 35.5. The number of aryl methyl sites for hydroxylation is 7. The summed E-state index contributed by atoms with van der Waals surface area (Å²) in [4.78, 5) is 106. The second kappa shape index (κ2) is 55.3. The van der Waals surface area contributed by atoms with Gasteiger partial charge in [-0.15, -0.1) is 11.6 Å². The van der Waals surface area contributed by atoms with Gasteiger partial charge in [0.15, 0.2) is 15.3 Å². The molecule has 0 unspecified atom stereocenters. The summed E-state index contributed by atoms with van der Waals surface area (Å²) < 4.78 is 61.5. The van der Waals surface area contributed by atoms with Crippen LogP contribution in [0.1, 0.15) is 192 Å². The number of esters is 2. The number of hydrogen-bond acceptors (Lipinski definition) is 23. The van der Waals surface area contributed by atoms with Crippen molar-refractivity contribution in [3.8, 4) is 0 Å². The summed E-state index contributed by atoms with van der Waals surface area (Å²) in [6.45, 7) is 14.8. The Kier molecular flexibility index (Phi) is 42.5. The van der Waals surface area contributed by atoms with E-state index in [1.807, 2.05) is 93.4 Å². The van der Waals surface area contributed by atoms with Gasteiger partial charge in [-0.1, -0.05) is 217 Å². The molecule has 3 aromatic heterocycles. The standard InChI is InChI=1S/C25H32N2O4S2.C18H25FN2OS.C18H26N2O2S.2C18H16O3S.C11H11ClOS/c1-20-8-11-22(12-9-20)33(29,30)31-18-6-7-21-10-13-23-24(19-21)32-25(28)27(23)17-16-26-14-4-2-3-5-15-26;19-9-5-6-15-7-8-16-17(14-15)23-18(22)21(16)13-12-20-10-3-1-2-4-11-20;21-13-5-6-15-7-8-16-17(14-15)23-18(22)20(16)12-11-19-9-3-1-2-4-10-19;2*19-17-12-15-9-8-13(11-16(15)22-17)5-4-10-21-18(20)14-6-2-1-3-7-14;12-5-1-2-8-3-4-9-7-11(13)14-10(9)6-8/h8-13,19H,2-7,14-18H2,1H3;7-8,14H,1-6,9-13H2;7-8,14,21H,1-6,9-13H2;2*1-3,6-9,11H,4-5,10,12H2;3-4,6H,1-2,5,7H2/i;19-1;;;;. The van der Waals surface area contributed by atoms with Crippen LogP contribution in [0.15, 0.2) is 228 Å².